The molecule has 1 aliphatic heterocycles. The molecule has 87 heavy (non-hydrogen) atoms. The third-order valence-electron chi connectivity index (χ3n) is 14.9. The van der Waals surface area contributed by atoms with E-state index < -0.39 is 49.5 Å². The second kappa shape index (κ2) is 64.3. The van der Waals surface area contributed by atoms with Gasteiger partial charge in [-0.05, 0) is 135 Å². The van der Waals surface area contributed by atoms with Gasteiger partial charge in [-0.2, -0.15) is 0 Å². The third kappa shape index (κ3) is 52.9. The van der Waals surface area contributed by atoms with Crippen molar-refractivity contribution in [3.63, 3.8) is 0 Å². The number of rotatable bonds is 57. The Morgan fingerprint density at radius 1 is 0.402 bits per heavy atom. The van der Waals surface area contributed by atoms with E-state index in [1.54, 1.807) is 6.08 Å². The van der Waals surface area contributed by atoms with E-state index in [1.807, 2.05) is 6.08 Å². The number of carbonyl (C=O) groups is 1. The quantitative estimate of drug-likeness (QED) is 0.0261. The molecule has 0 aromatic heterocycles. The van der Waals surface area contributed by atoms with Crippen LogP contribution in [0, 0.1) is 0 Å². The van der Waals surface area contributed by atoms with Crippen LogP contribution >= 0.6 is 0 Å². The second-order valence-electron chi connectivity index (χ2n) is 22.9. The molecule has 0 radical (unpaired) electrons. The first-order valence-corrected chi connectivity index (χ1v) is 34.5. The van der Waals surface area contributed by atoms with Crippen LogP contribution in [0.2, 0.25) is 0 Å². The summed E-state index contributed by atoms with van der Waals surface area (Å²) in [5.74, 6) is -0.222. The molecule has 1 rings (SSSR count). The fourth-order valence-corrected chi connectivity index (χ4v) is 9.58. The number of hydrogen-bond acceptors (Lipinski definition) is 8. The summed E-state index contributed by atoms with van der Waals surface area (Å²) in [6.45, 7) is 3.63. The van der Waals surface area contributed by atoms with Crippen LogP contribution in [0.25, 0.3) is 0 Å². The highest BCUT2D eigenvalue weighted by molar-refractivity contribution is 5.76. The number of aliphatic hydroxyl groups excluding tert-OH is 5. The average molecular weight is 1200 g/mol. The van der Waals surface area contributed by atoms with E-state index in [0.29, 0.717) is 19.3 Å². The summed E-state index contributed by atoms with van der Waals surface area (Å²) in [5.41, 5.74) is 0. The molecule has 0 aromatic rings. The molecular weight excluding hydrogens is 1080 g/mol. The lowest BCUT2D eigenvalue weighted by atomic mass is 9.99. The minimum absolute atomic E-state index is 0.222. The number of ether oxygens (including phenoxy) is 2. The third-order valence-corrected chi connectivity index (χ3v) is 14.9. The summed E-state index contributed by atoms with van der Waals surface area (Å²) >= 11 is 0. The molecule has 6 N–H and O–H groups in total. The van der Waals surface area contributed by atoms with E-state index >= 15 is 0 Å². The molecule has 0 saturated carbocycles. The van der Waals surface area contributed by atoms with E-state index in [9.17, 15) is 30.3 Å². The van der Waals surface area contributed by atoms with Crippen molar-refractivity contribution in [2.24, 2.45) is 0 Å². The van der Waals surface area contributed by atoms with E-state index in [0.717, 1.165) is 128 Å². The van der Waals surface area contributed by atoms with Crippen LogP contribution < -0.4 is 5.32 Å². The predicted octanol–water partition coefficient (Wildman–Crippen LogP) is 19.1. The van der Waals surface area contributed by atoms with Gasteiger partial charge >= 0.3 is 0 Å². The zero-order chi connectivity index (χ0) is 62.8. The Morgan fingerprint density at radius 3 is 1.10 bits per heavy atom. The van der Waals surface area contributed by atoms with Gasteiger partial charge in [0.25, 0.3) is 0 Å². The van der Waals surface area contributed by atoms with Gasteiger partial charge in [-0.3, -0.25) is 4.79 Å². The second-order valence-corrected chi connectivity index (χ2v) is 22.9. The van der Waals surface area contributed by atoms with Gasteiger partial charge in [-0.15, -0.1) is 0 Å². The fourth-order valence-electron chi connectivity index (χ4n) is 9.58. The Labute approximate surface area is 531 Å². The maximum absolute atomic E-state index is 13.1. The smallest absolute Gasteiger partial charge is 0.220 e. The lowest BCUT2D eigenvalue weighted by molar-refractivity contribution is -0.302. The zero-order valence-corrected chi connectivity index (χ0v) is 54.7. The standard InChI is InChI=1S/C78H125NO8/c1-3-5-7-9-11-13-15-17-19-21-23-25-27-28-29-30-31-32-33-34-35-36-37-38-39-40-41-42-43-44-46-48-50-52-54-56-58-60-62-64-66-68-74(82)79-71(70-86-78-77(85)76(84)75(83)73(69-80)87-78)72(81)67-65-63-61-59-57-55-53-51-49-47-45-26-24-22-20-18-16-14-12-10-8-6-4-2/h5,7,11,13,17,19,23,25,28-29,31-32,34-35,37-38,40-41,43-44,48-51,54,56-57,59,65,67,71-73,75-78,80-81,83-85H,3-4,6,8-10,12,14-16,18,20-22,24,26-27,30,33,36,39,42,45-47,52-53,55,58,60-64,66,68-70H2,1-2H3,(H,79,82)/b7-5-,13-11-,19-17-,25-23-,29-28-,32-31-,35-34-,38-37-,41-40-,44-43-,50-48-,51-49+,56-54-,59-57+,67-65+. The van der Waals surface area contributed by atoms with E-state index in [4.69, 9.17) is 9.47 Å². The molecule has 0 aromatic carbocycles. The Kier molecular flexibility index (Phi) is 59.3. The zero-order valence-electron chi connectivity index (χ0n) is 54.7. The Bertz CT molecular complexity index is 2030. The van der Waals surface area contributed by atoms with Crippen molar-refractivity contribution in [1.29, 1.82) is 0 Å². The van der Waals surface area contributed by atoms with E-state index in [1.165, 1.54) is 83.5 Å². The SMILES string of the molecule is CC/C=C\C/C=C\C/C=C\C/C=C\C/C=C\C/C=C\C/C=C\C/C=C\C/C=C\C/C=C\C/C=C\C/C=C\CCCCCCC(=O)NC(COC1OC(CO)C(O)C(O)C1O)C(O)/C=C/CC/C=C/CC/C=C/CCCCCCCCCCCCCCC. The van der Waals surface area contributed by atoms with E-state index in [-0.39, 0.29) is 12.5 Å². The van der Waals surface area contributed by atoms with Crippen LogP contribution in [0.4, 0.5) is 0 Å². The van der Waals surface area contributed by atoms with Crippen LogP contribution in [-0.4, -0.2) is 87.5 Å². The van der Waals surface area contributed by atoms with Crippen molar-refractivity contribution in [2.75, 3.05) is 13.2 Å². The normalized spacial score (nSPS) is 19.2. The number of carbonyl (C=O) groups excluding carboxylic acids is 1. The lowest BCUT2D eigenvalue weighted by Crippen LogP contribution is -2.60. The van der Waals surface area contributed by atoms with Crippen LogP contribution in [-0.2, 0) is 14.3 Å². The Hall–Kier alpha value is -4.71. The molecule has 9 heteroatoms. The molecule has 0 spiro atoms. The molecule has 1 aliphatic rings. The van der Waals surface area contributed by atoms with Crippen LogP contribution in [0.1, 0.15) is 245 Å². The van der Waals surface area contributed by atoms with Gasteiger partial charge in [0, 0.05) is 6.42 Å². The van der Waals surface area contributed by atoms with Crippen LogP contribution in [0.15, 0.2) is 182 Å². The molecule has 1 amide bonds. The first kappa shape index (κ1) is 80.3. The summed E-state index contributed by atoms with van der Waals surface area (Å²) in [4.78, 5) is 13.1. The average Bonchev–Trinajstić information content (AvgIpc) is 3.47. The topological polar surface area (TPSA) is 149 Å². The van der Waals surface area contributed by atoms with Gasteiger partial charge < -0.3 is 40.3 Å². The van der Waals surface area contributed by atoms with Crippen molar-refractivity contribution in [3.05, 3.63) is 182 Å². The van der Waals surface area contributed by atoms with Crippen molar-refractivity contribution in [3.8, 4) is 0 Å². The molecule has 7 unspecified atom stereocenters. The predicted molar refractivity (Wildman–Crippen MR) is 372 cm³/mol. The molecule has 0 bridgehead atoms. The van der Waals surface area contributed by atoms with Gasteiger partial charge in [-0.25, -0.2) is 0 Å². The van der Waals surface area contributed by atoms with Crippen molar-refractivity contribution >= 4 is 5.91 Å². The van der Waals surface area contributed by atoms with Gasteiger partial charge in [0.1, 0.15) is 24.4 Å². The van der Waals surface area contributed by atoms with Crippen LogP contribution in [0.5, 0.6) is 0 Å². The molecular formula is C78H125NO8. The highest BCUT2D eigenvalue weighted by atomic mass is 16.7. The first-order valence-electron chi connectivity index (χ1n) is 34.5. The number of amides is 1. The van der Waals surface area contributed by atoms with E-state index in [2.05, 4.69) is 189 Å². The Balaban J connectivity index is 2.23. The number of allylic oxidation sites excluding steroid dienone is 29. The van der Waals surface area contributed by atoms with Crippen molar-refractivity contribution in [1.82, 2.24) is 5.32 Å². The fraction of sp³-hybridized carbons (Fsp3) is 0.603. The highest BCUT2D eigenvalue weighted by Gasteiger charge is 2.44. The van der Waals surface area contributed by atoms with Crippen molar-refractivity contribution < 1.29 is 39.8 Å². The van der Waals surface area contributed by atoms with Gasteiger partial charge in [-0.1, -0.05) is 286 Å². The minimum atomic E-state index is -1.59. The summed E-state index contributed by atoms with van der Waals surface area (Å²) in [5, 5.41) is 54.6. The van der Waals surface area contributed by atoms with Gasteiger partial charge in [0.15, 0.2) is 6.29 Å². The maximum Gasteiger partial charge on any atom is 0.220 e. The van der Waals surface area contributed by atoms with Gasteiger partial charge in [0.2, 0.25) is 5.91 Å². The van der Waals surface area contributed by atoms with Crippen LogP contribution in [0.3, 0.4) is 0 Å². The largest absolute Gasteiger partial charge is 0.394 e. The van der Waals surface area contributed by atoms with Gasteiger partial charge in [0.05, 0.1) is 25.4 Å². The molecule has 1 fully saturated rings. The Morgan fingerprint density at radius 2 is 0.724 bits per heavy atom. The monoisotopic (exact) mass is 1200 g/mol. The molecule has 1 saturated heterocycles. The maximum atomic E-state index is 13.1. The molecule has 1 heterocycles. The summed E-state index contributed by atoms with van der Waals surface area (Å²) in [6, 6.07) is -0.857. The number of hydrogen-bond donors (Lipinski definition) is 6. The number of aliphatic hydroxyl groups is 5. The summed E-state index contributed by atoms with van der Waals surface area (Å²) < 4.78 is 11.3. The summed E-state index contributed by atoms with van der Waals surface area (Å²) in [6.07, 6.45) is 96.9. The molecule has 9 nitrogen and oxygen atoms in total. The lowest BCUT2D eigenvalue weighted by Gasteiger charge is -2.40. The summed E-state index contributed by atoms with van der Waals surface area (Å²) in [7, 11) is 0. The molecule has 7 atom stereocenters. The molecule has 490 valence electrons. The minimum Gasteiger partial charge on any atom is -0.394 e. The van der Waals surface area contributed by atoms with Crippen molar-refractivity contribution in [2.45, 2.75) is 288 Å². The molecule has 0 aliphatic carbocycles. The highest BCUT2D eigenvalue weighted by Crippen LogP contribution is 2.23. The first-order chi connectivity index (χ1) is 42.8. The number of nitrogens with one attached hydrogen (secondary N) is 1. The number of unbranched alkanes of at least 4 members (excludes halogenated alkanes) is 19.